The number of aromatic nitrogens is 1. The zero-order chi connectivity index (χ0) is 15.9. The number of benzene rings is 1. The predicted octanol–water partition coefficient (Wildman–Crippen LogP) is 3.79. The molecule has 0 atom stereocenters. The largest absolute Gasteiger partial charge is 0.469 e. The fourth-order valence-corrected chi connectivity index (χ4v) is 2.31. The molecule has 2 aromatic rings. The van der Waals surface area contributed by atoms with Gasteiger partial charge in [0, 0.05) is 30.0 Å². The van der Waals surface area contributed by atoms with Gasteiger partial charge in [-0.05, 0) is 43.2 Å². The summed E-state index contributed by atoms with van der Waals surface area (Å²) in [6, 6.07) is 7.44. The van der Waals surface area contributed by atoms with Crippen molar-refractivity contribution in [2.75, 3.05) is 7.11 Å². The zero-order valence-corrected chi connectivity index (χ0v) is 12.8. The Kier molecular flexibility index (Phi) is 5.42. The van der Waals surface area contributed by atoms with Gasteiger partial charge in [-0.2, -0.15) is 0 Å². The highest BCUT2D eigenvalue weighted by molar-refractivity contribution is 6.01. The number of methoxy groups -OCH3 is 1. The molecule has 1 aromatic carbocycles. The molecule has 1 heterocycles. The molecule has 0 aliphatic heterocycles. The number of allylic oxidation sites excluding steroid dienone is 1. The Labute approximate surface area is 129 Å². The van der Waals surface area contributed by atoms with Crippen LogP contribution in [0.5, 0.6) is 0 Å². The van der Waals surface area contributed by atoms with Crippen LogP contribution < -0.4 is 0 Å². The summed E-state index contributed by atoms with van der Waals surface area (Å²) in [7, 11) is 1.35. The van der Waals surface area contributed by atoms with Crippen molar-refractivity contribution in [2.45, 2.75) is 26.2 Å². The summed E-state index contributed by atoms with van der Waals surface area (Å²) >= 11 is 0. The van der Waals surface area contributed by atoms with Gasteiger partial charge in [0.25, 0.3) is 0 Å². The van der Waals surface area contributed by atoms with Crippen molar-refractivity contribution in [1.82, 2.24) is 4.98 Å². The van der Waals surface area contributed by atoms with Crippen LogP contribution in [0.1, 0.15) is 42.1 Å². The summed E-state index contributed by atoms with van der Waals surface area (Å²) in [5.74, 6) is -0.257. The van der Waals surface area contributed by atoms with Crippen LogP contribution >= 0.6 is 0 Å². The van der Waals surface area contributed by atoms with Gasteiger partial charge in [0.2, 0.25) is 0 Å². The molecule has 0 radical (unpaired) electrons. The first-order valence-corrected chi connectivity index (χ1v) is 7.27. The van der Waals surface area contributed by atoms with Crippen LogP contribution in [-0.4, -0.2) is 23.8 Å². The Bertz CT molecular complexity index is 719. The molecule has 1 aromatic heterocycles. The Balaban J connectivity index is 2.19. The summed E-state index contributed by atoms with van der Waals surface area (Å²) in [5.41, 5.74) is 2.55. The lowest BCUT2D eigenvalue weighted by molar-refractivity contribution is -0.140. The molecule has 4 heteroatoms. The van der Waals surface area contributed by atoms with E-state index in [9.17, 15) is 9.59 Å². The minimum atomic E-state index is -0.286. The molecule has 114 valence electrons. The van der Waals surface area contributed by atoms with Crippen molar-refractivity contribution >= 4 is 28.7 Å². The van der Waals surface area contributed by atoms with Crippen molar-refractivity contribution in [1.29, 1.82) is 0 Å². The SMILES string of the molecule is C/C=C/c1ccnc2ccc(C(=O)CCCC(=O)OC)cc12. The number of ether oxygens (including phenoxy) is 1. The third-order valence-electron chi connectivity index (χ3n) is 3.46. The van der Waals surface area contributed by atoms with E-state index in [-0.39, 0.29) is 18.2 Å². The van der Waals surface area contributed by atoms with E-state index in [1.54, 1.807) is 12.3 Å². The number of pyridine rings is 1. The van der Waals surface area contributed by atoms with E-state index in [0.29, 0.717) is 18.4 Å². The molecule has 0 amide bonds. The second kappa shape index (κ2) is 7.50. The quantitative estimate of drug-likeness (QED) is 0.601. The maximum absolute atomic E-state index is 12.2. The van der Waals surface area contributed by atoms with Crippen LogP contribution in [0.15, 0.2) is 36.5 Å². The number of Topliss-reactive ketones (excluding diaryl/α,β-unsaturated/α-hetero) is 1. The fourth-order valence-electron chi connectivity index (χ4n) is 2.31. The van der Waals surface area contributed by atoms with Crippen LogP contribution in [-0.2, 0) is 9.53 Å². The molecule has 4 nitrogen and oxygen atoms in total. The van der Waals surface area contributed by atoms with E-state index < -0.39 is 0 Å². The Hall–Kier alpha value is -2.49. The van der Waals surface area contributed by atoms with Crippen molar-refractivity contribution in [2.24, 2.45) is 0 Å². The van der Waals surface area contributed by atoms with Crippen molar-refractivity contribution < 1.29 is 14.3 Å². The lowest BCUT2D eigenvalue weighted by atomic mass is 10.0. The zero-order valence-electron chi connectivity index (χ0n) is 12.8. The smallest absolute Gasteiger partial charge is 0.305 e. The van der Waals surface area contributed by atoms with E-state index in [1.807, 2.05) is 37.3 Å². The minimum absolute atomic E-state index is 0.0288. The molecule has 2 rings (SSSR count). The van der Waals surface area contributed by atoms with Gasteiger partial charge >= 0.3 is 5.97 Å². The van der Waals surface area contributed by atoms with Gasteiger partial charge < -0.3 is 4.74 Å². The molecular weight excluding hydrogens is 278 g/mol. The van der Waals surface area contributed by atoms with Crippen LogP contribution in [0.2, 0.25) is 0 Å². The highest BCUT2D eigenvalue weighted by atomic mass is 16.5. The molecule has 22 heavy (non-hydrogen) atoms. The highest BCUT2D eigenvalue weighted by Crippen LogP contribution is 2.21. The number of fused-ring (bicyclic) bond motifs is 1. The molecule has 0 aliphatic rings. The van der Waals surface area contributed by atoms with Crippen molar-refractivity contribution in [3.63, 3.8) is 0 Å². The number of nitrogens with zero attached hydrogens (tertiary/aromatic N) is 1. The van der Waals surface area contributed by atoms with Crippen molar-refractivity contribution in [3.05, 3.63) is 47.7 Å². The van der Waals surface area contributed by atoms with E-state index in [4.69, 9.17) is 0 Å². The number of carbonyl (C=O) groups is 2. The Morgan fingerprint density at radius 3 is 2.77 bits per heavy atom. The standard InChI is InChI=1S/C18H19NO3/c1-3-5-13-10-11-19-16-9-8-14(12-15(13)16)17(20)6-4-7-18(21)22-2/h3,5,8-12H,4,6-7H2,1-2H3/b5-3+. The van der Waals surface area contributed by atoms with Gasteiger partial charge in [-0.15, -0.1) is 0 Å². The molecule has 0 saturated heterocycles. The number of esters is 1. The van der Waals surface area contributed by atoms with Gasteiger partial charge in [0.15, 0.2) is 5.78 Å². The van der Waals surface area contributed by atoms with E-state index in [0.717, 1.165) is 16.5 Å². The average molecular weight is 297 g/mol. The molecule has 0 fully saturated rings. The molecular formula is C18H19NO3. The third-order valence-corrected chi connectivity index (χ3v) is 3.46. The molecule has 0 saturated carbocycles. The summed E-state index contributed by atoms with van der Waals surface area (Å²) in [6.45, 7) is 1.95. The number of ketones is 1. The second-order valence-electron chi connectivity index (χ2n) is 4.98. The molecule has 0 aliphatic carbocycles. The fraction of sp³-hybridized carbons (Fsp3) is 0.278. The van der Waals surface area contributed by atoms with Gasteiger partial charge in [0.05, 0.1) is 12.6 Å². The topological polar surface area (TPSA) is 56.3 Å². The highest BCUT2D eigenvalue weighted by Gasteiger charge is 2.10. The van der Waals surface area contributed by atoms with E-state index >= 15 is 0 Å². The lowest BCUT2D eigenvalue weighted by Gasteiger charge is -2.05. The van der Waals surface area contributed by atoms with Gasteiger partial charge in [-0.3, -0.25) is 14.6 Å². The minimum Gasteiger partial charge on any atom is -0.469 e. The van der Waals surface area contributed by atoms with Gasteiger partial charge in [-0.1, -0.05) is 12.2 Å². The van der Waals surface area contributed by atoms with Crippen LogP contribution in [0.3, 0.4) is 0 Å². The third kappa shape index (κ3) is 3.79. The second-order valence-corrected chi connectivity index (χ2v) is 4.98. The summed E-state index contributed by atoms with van der Waals surface area (Å²) in [5, 5.41) is 0.958. The molecule has 0 N–H and O–H groups in total. The van der Waals surface area contributed by atoms with Crippen LogP contribution in [0.25, 0.3) is 17.0 Å². The number of carbonyl (C=O) groups excluding carboxylic acids is 2. The molecule has 0 bridgehead atoms. The number of hydrogen-bond acceptors (Lipinski definition) is 4. The molecule has 0 unspecified atom stereocenters. The Morgan fingerprint density at radius 2 is 2.05 bits per heavy atom. The maximum atomic E-state index is 12.2. The number of hydrogen-bond donors (Lipinski definition) is 0. The average Bonchev–Trinajstić information content (AvgIpc) is 2.54. The predicted molar refractivity (Wildman–Crippen MR) is 86.6 cm³/mol. The summed E-state index contributed by atoms with van der Waals surface area (Å²) < 4.78 is 4.57. The first-order chi connectivity index (χ1) is 10.7. The molecule has 0 spiro atoms. The van der Waals surface area contributed by atoms with Crippen LogP contribution in [0.4, 0.5) is 0 Å². The van der Waals surface area contributed by atoms with Gasteiger partial charge in [-0.25, -0.2) is 0 Å². The number of rotatable bonds is 6. The van der Waals surface area contributed by atoms with Gasteiger partial charge in [0.1, 0.15) is 0 Å². The normalized spacial score (nSPS) is 11.0. The summed E-state index contributed by atoms with van der Waals surface area (Å²) in [6.07, 6.45) is 6.81. The van der Waals surface area contributed by atoms with E-state index in [2.05, 4.69) is 9.72 Å². The monoisotopic (exact) mass is 297 g/mol. The van der Waals surface area contributed by atoms with Crippen LogP contribution in [0, 0.1) is 0 Å². The first-order valence-electron chi connectivity index (χ1n) is 7.27. The van der Waals surface area contributed by atoms with Crippen molar-refractivity contribution in [3.8, 4) is 0 Å². The first kappa shape index (κ1) is 15.9. The Morgan fingerprint density at radius 1 is 1.23 bits per heavy atom. The lowest BCUT2D eigenvalue weighted by Crippen LogP contribution is -2.04. The van der Waals surface area contributed by atoms with E-state index in [1.165, 1.54) is 7.11 Å². The maximum Gasteiger partial charge on any atom is 0.305 e. The summed E-state index contributed by atoms with van der Waals surface area (Å²) in [4.78, 5) is 27.6.